The Hall–Kier alpha value is 0.110. The summed E-state index contributed by atoms with van der Waals surface area (Å²) in [5.74, 6) is 0. The molecule has 0 saturated heterocycles. The highest BCUT2D eigenvalue weighted by Crippen LogP contribution is 2.55. The second kappa shape index (κ2) is 77.1. The van der Waals surface area contributed by atoms with Crippen molar-refractivity contribution >= 4 is 7.82 Å². The number of phosphoric ester groups is 1. The van der Waals surface area contributed by atoms with Gasteiger partial charge in [-0.15, -0.1) is 0 Å². The molecule has 3 unspecified atom stereocenters. The van der Waals surface area contributed by atoms with Gasteiger partial charge in [-0.1, -0.05) is 485 Å². The van der Waals surface area contributed by atoms with Crippen LogP contribution in [0.3, 0.4) is 0 Å². The molecular formula is C84H171O4P. The van der Waals surface area contributed by atoms with Crippen molar-refractivity contribution in [2.45, 2.75) is 541 Å². The van der Waals surface area contributed by atoms with Crippen LogP contribution < -0.4 is 0 Å². The lowest BCUT2D eigenvalue weighted by atomic mass is 10.0. The van der Waals surface area contributed by atoms with Crippen molar-refractivity contribution in [3.63, 3.8) is 0 Å². The smallest absolute Gasteiger partial charge is 0.284 e. The fourth-order valence-electron chi connectivity index (χ4n) is 14.1. The van der Waals surface area contributed by atoms with Crippen LogP contribution in [0, 0.1) is 0 Å². The van der Waals surface area contributed by atoms with E-state index in [-0.39, 0.29) is 18.3 Å². The molecule has 0 N–H and O–H groups in total. The molecule has 0 rings (SSSR count). The molecule has 0 aliphatic rings. The number of unbranched alkanes of at least 4 members (excludes halogenated alkanes) is 63. The quantitative estimate of drug-likeness (QED) is 0.0450. The van der Waals surface area contributed by atoms with Gasteiger partial charge in [-0.05, 0) is 38.5 Å². The van der Waals surface area contributed by atoms with Crippen LogP contribution in [-0.2, 0) is 18.1 Å². The van der Waals surface area contributed by atoms with Crippen molar-refractivity contribution in [3.05, 3.63) is 0 Å². The van der Waals surface area contributed by atoms with Crippen LogP contribution in [0.25, 0.3) is 0 Å². The topological polar surface area (TPSA) is 44.8 Å². The third kappa shape index (κ3) is 70.7. The van der Waals surface area contributed by atoms with Gasteiger partial charge >= 0.3 is 7.82 Å². The number of phosphoric acid groups is 1. The lowest BCUT2D eigenvalue weighted by Crippen LogP contribution is -2.22. The SMILES string of the molecule is CCCCCCCCCCCCCCCC(CCCCCCCCCCCC)OP(=O)(OC(CCCCCCCCCCCC)CCCCCCCCCCCCCCC)OC(CCCCCCCCCCCC)CCCCCCCCCCCCCCC. The molecule has 0 fully saturated rings. The van der Waals surface area contributed by atoms with Crippen molar-refractivity contribution in [2.75, 3.05) is 0 Å². The van der Waals surface area contributed by atoms with Crippen molar-refractivity contribution < 1.29 is 18.1 Å². The molecule has 3 atom stereocenters. The molecule has 89 heavy (non-hydrogen) atoms. The summed E-state index contributed by atoms with van der Waals surface area (Å²) in [5.41, 5.74) is 0. The van der Waals surface area contributed by atoms with Gasteiger partial charge in [-0.3, -0.25) is 13.6 Å². The molecular weight excluding hydrogens is 1100 g/mol. The zero-order chi connectivity index (χ0) is 64.4. The highest BCUT2D eigenvalue weighted by molar-refractivity contribution is 7.48. The first-order valence-corrected chi connectivity index (χ1v) is 44.1. The van der Waals surface area contributed by atoms with Crippen molar-refractivity contribution in [1.82, 2.24) is 0 Å². The predicted octanol–water partition coefficient (Wildman–Crippen LogP) is 32.6. The average molecular weight is 1280 g/mol. The van der Waals surface area contributed by atoms with Gasteiger partial charge in [0.25, 0.3) is 0 Å². The Balaban J connectivity index is 6.54. The lowest BCUT2D eigenvalue weighted by molar-refractivity contribution is 0.0155. The van der Waals surface area contributed by atoms with Crippen molar-refractivity contribution in [3.8, 4) is 0 Å². The first-order valence-electron chi connectivity index (χ1n) is 42.6. The minimum absolute atomic E-state index is 0.0637. The molecule has 0 aromatic carbocycles. The first-order chi connectivity index (χ1) is 44.0. The molecule has 0 aromatic rings. The van der Waals surface area contributed by atoms with E-state index in [9.17, 15) is 0 Å². The van der Waals surface area contributed by atoms with Crippen LogP contribution in [0.15, 0.2) is 0 Å². The maximum Gasteiger partial charge on any atom is 0.475 e. The molecule has 0 bridgehead atoms. The minimum Gasteiger partial charge on any atom is -0.284 e. The van der Waals surface area contributed by atoms with E-state index in [1.165, 1.54) is 405 Å². The molecule has 0 spiro atoms. The van der Waals surface area contributed by atoms with Gasteiger partial charge in [0.1, 0.15) is 0 Å². The summed E-state index contributed by atoms with van der Waals surface area (Å²) in [7, 11) is -3.89. The zero-order valence-electron chi connectivity index (χ0n) is 62.8. The predicted molar refractivity (Wildman–Crippen MR) is 403 cm³/mol. The van der Waals surface area contributed by atoms with E-state index in [1.54, 1.807) is 0 Å². The minimum atomic E-state index is -3.89. The summed E-state index contributed by atoms with van der Waals surface area (Å²) in [6.45, 7) is 13.9. The fraction of sp³-hybridized carbons (Fsp3) is 1.00. The van der Waals surface area contributed by atoms with Gasteiger partial charge < -0.3 is 0 Å². The summed E-state index contributed by atoms with van der Waals surface area (Å²) in [6.07, 6.45) is 98.8. The van der Waals surface area contributed by atoms with Crippen LogP contribution in [0.1, 0.15) is 523 Å². The Bertz CT molecular complexity index is 1150. The summed E-state index contributed by atoms with van der Waals surface area (Å²) in [6, 6.07) is 0. The molecule has 0 radical (unpaired) electrons. The third-order valence-corrected chi connectivity index (χ3v) is 22.0. The van der Waals surface area contributed by atoms with Gasteiger partial charge in [0, 0.05) is 0 Å². The standard InChI is InChI=1S/C84H171O4P/c1-7-13-19-25-31-37-43-46-49-55-61-67-73-79-82(76-70-64-58-52-40-34-28-22-16-10-4)86-89(85,87-83(77-71-65-59-53-41-35-29-23-17-11-5)80-74-68-62-56-50-47-44-38-32-26-20-14-8-2)88-84(78-72-66-60-54-42-36-30-24-18-12-6)81-75-69-63-57-51-48-45-39-33-27-21-15-9-3/h82-84H,7-81H2,1-6H3. The molecule has 0 amide bonds. The third-order valence-electron chi connectivity index (χ3n) is 20.4. The van der Waals surface area contributed by atoms with Gasteiger partial charge in [0.05, 0.1) is 18.3 Å². The molecule has 0 aromatic heterocycles. The van der Waals surface area contributed by atoms with Crippen molar-refractivity contribution in [1.29, 1.82) is 0 Å². The van der Waals surface area contributed by atoms with E-state index < -0.39 is 7.82 Å². The summed E-state index contributed by atoms with van der Waals surface area (Å²) < 4.78 is 37.9. The average Bonchev–Trinajstić information content (AvgIpc) is 3.74. The molecule has 0 saturated carbocycles. The van der Waals surface area contributed by atoms with E-state index in [0.29, 0.717) is 0 Å². The molecule has 0 aliphatic heterocycles. The molecule has 4 nitrogen and oxygen atoms in total. The second-order valence-electron chi connectivity index (χ2n) is 29.6. The van der Waals surface area contributed by atoms with Crippen LogP contribution in [-0.4, -0.2) is 18.3 Å². The zero-order valence-corrected chi connectivity index (χ0v) is 63.7. The van der Waals surface area contributed by atoms with E-state index in [1.807, 2.05) is 0 Å². The van der Waals surface area contributed by atoms with E-state index in [4.69, 9.17) is 13.6 Å². The summed E-state index contributed by atoms with van der Waals surface area (Å²) in [5, 5.41) is 0. The van der Waals surface area contributed by atoms with Gasteiger partial charge in [0.15, 0.2) is 0 Å². The van der Waals surface area contributed by atoms with Gasteiger partial charge in [-0.25, -0.2) is 4.57 Å². The molecule has 0 heterocycles. The van der Waals surface area contributed by atoms with Gasteiger partial charge in [0.2, 0.25) is 0 Å². The first kappa shape index (κ1) is 89.1. The Labute approximate surface area is 564 Å². The highest BCUT2D eigenvalue weighted by atomic mass is 31.2. The van der Waals surface area contributed by atoms with E-state index in [0.717, 1.165) is 77.0 Å². The van der Waals surface area contributed by atoms with E-state index >= 15 is 4.57 Å². The molecule has 536 valence electrons. The Morgan fingerprint density at radius 2 is 0.247 bits per heavy atom. The Kier molecular flexibility index (Phi) is 77.2. The summed E-state index contributed by atoms with van der Waals surface area (Å²) >= 11 is 0. The van der Waals surface area contributed by atoms with E-state index in [2.05, 4.69) is 41.5 Å². The number of hydrogen-bond acceptors (Lipinski definition) is 4. The summed E-state index contributed by atoms with van der Waals surface area (Å²) in [4.78, 5) is 0. The maximum atomic E-state index is 16.2. The molecule has 0 aliphatic carbocycles. The molecule has 5 heteroatoms. The van der Waals surface area contributed by atoms with Crippen molar-refractivity contribution in [2.24, 2.45) is 0 Å². The maximum absolute atomic E-state index is 16.2. The normalized spacial score (nSPS) is 13.6. The van der Waals surface area contributed by atoms with Crippen LogP contribution in [0.5, 0.6) is 0 Å². The Morgan fingerprint density at radius 1 is 0.157 bits per heavy atom. The number of rotatable bonds is 81. The monoisotopic (exact) mass is 1280 g/mol. The fourth-order valence-corrected chi connectivity index (χ4v) is 16.0. The second-order valence-corrected chi connectivity index (χ2v) is 31.2. The van der Waals surface area contributed by atoms with Gasteiger partial charge in [-0.2, -0.15) is 0 Å². The van der Waals surface area contributed by atoms with Crippen LogP contribution in [0.4, 0.5) is 0 Å². The van der Waals surface area contributed by atoms with Crippen LogP contribution in [0.2, 0.25) is 0 Å². The largest absolute Gasteiger partial charge is 0.475 e. The lowest BCUT2D eigenvalue weighted by Gasteiger charge is -2.31. The highest BCUT2D eigenvalue weighted by Gasteiger charge is 2.36. The van der Waals surface area contributed by atoms with Crippen LogP contribution >= 0.6 is 7.82 Å². The Morgan fingerprint density at radius 3 is 0.348 bits per heavy atom. The number of hydrogen-bond donors (Lipinski definition) is 0.